The van der Waals surface area contributed by atoms with Gasteiger partial charge in [-0.2, -0.15) is 0 Å². The number of nitrogens with zero attached hydrogens (tertiary/aromatic N) is 2. The number of aromatic nitrogens is 1. The van der Waals surface area contributed by atoms with Crippen molar-refractivity contribution < 1.29 is 18.9 Å². The molecule has 1 aliphatic heterocycles. The Morgan fingerprint density at radius 2 is 1.71 bits per heavy atom. The van der Waals surface area contributed by atoms with Crippen LogP contribution in [-0.4, -0.2) is 34.2 Å². The number of Topliss-reactive ketones (excluding diaryl/α,β-unsaturated/α-hetero) is 1. The average molecular weight is 284 g/mol. The second kappa shape index (κ2) is 4.66. The number of rotatable bonds is 3. The number of aryl methyl sites for hydroxylation is 2. The van der Waals surface area contributed by atoms with Crippen LogP contribution in [0, 0.1) is 13.8 Å². The van der Waals surface area contributed by atoms with Crippen LogP contribution in [-0.2, 0) is 0 Å². The van der Waals surface area contributed by atoms with E-state index < -0.39 is 11.8 Å². The van der Waals surface area contributed by atoms with E-state index in [1.807, 2.05) is 0 Å². The third-order valence-corrected chi connectivity index (χ3v) is 3.49. The van der Waals surface area contributed by atoms with Gasteiger partial charge in [-0.25, -0.2) is 0 Å². The summed E-state index contributed by atoms with van der Waals surface area (Å²) in [6.45, 7) is 2.96. The summed E-state index contributed by atoms with van der Waals surface area (Å²) in [6.07, 6.45) is 0. The van der Waals surface area contributed by atoms with Crippen LogP contribution in [0.1, 0.15) is 42.5 Å². The molecule has 2 heterocycles. The minimum absolute atomic E-state index is 0.310. The molecule has 0 fully saturated rings. The highest BCUT2D eigenvalue weighted by Crippen LogP contribution is 2.23. The second-order valence-electron chi connectivity index (χ2n) is 4.86. The molecule has 0 N–H and O–H groups in total. The van der Waals surface area contributed by atoms with Crippen molar-refractivity contribution in [3.8, 4) is 0 Å². The van der Waals surface area contributed by atoms with Gasteiger partial charge in [-0.1, -0.05) is 17.3 Å². The summed E-state index contributed by atoms with van der Waals surface area (Å²) < 4.78 is 4.94. The van der Waals surface area contributed by atoms with Gasteiger partial charge in [0.1, 0.15) is 5.76 Å². The highest BCUT2D eigenvalue weighted by molar-refractivity contribution is 6.23. The maximum atomic E-state index is 12.3. The van der Waals surface area contributed by atoms with E-state index in [9.17, 15) is 14.4 Å². The Morgan fingerprint density at radius 1 is 1.14 bits per heavy atom. The van der Waals surface area contributed by atoms with E-state index in [1.165, 1.54) is 0 Å². The summed E-state index contributed by atoms with van der Waals surface area (Å²) in [5.74, 6) is -0.874. The van der Waals surface area contributed by atoms with Gasteiger partial charge in [-0.05, 0) is 26.0 Å². The fourth-order valence-corrected chi connectivity index (χ4v) is 2.49. The number of hydrogen-bond acceptors (Lipinski definition) is 5. The number of benzene rings is 1. The van der Waals surface area contributed by atoms with E-state index in [2.05, 4.69) is 5.16 Å². The van der Waals surface area contributed by atoms with Gasteiger partial charge in [0.05, 0.1) is 28.9 Å². The van der Waals surface area contributed by atoms with Crippen molar-refractivity contribution in [2.75, 3.05) is 6.54 Å². The minimum Gasteiger partial charge on any atom is -0.361 e. The van der Waals surface area contributed by atoms with Crippen molar-refractivity contribution in [3.63, 3.8) is 0 Å². The molecule has 0 atom stereocenters. The molecule has 2 amide bonds. The molecule has 0 radical (unpaired) electrons. The van der Waals surface area contributed by atoms with Crippen LogP contribution in [0.4, 0.5) is 0 Å². The zero-order valence-corrected chi connectivity index (χ0v) is 11.5. The lowest BCUT2D eigenvalue weighted by atomic mass is 10.1. The molecule has 6 heteroatoms. The molecule has 1 aromatic heterocycles. The summed E-state index contributed by atoms with van der Waals surface area (Å²) in [7, 11) is 0. The SMILES string of the molecule is Cc1noc(C)c1C(=O)CN1C(=O)c2ccccc2C1=O. The maximum Gasteiger partial charge on any atom is 0.261 e. The Morgan fingerprint density at radius 3 is 2.19 bits per heavy atom. The van der Waals surface area contributed by atoms with Gasteiger partial charge >= 0.3 is 0 Å². The first-order chi connectivity index (χ1) is 10.0. The molecule has 2 aromatic rings. The Balaban J connectivity index is 1.89. The van der Waals surface area contributed by atoms with E-state index >= 15 is 0 Å². The van der Waals surface area contributed by atoms with Gasteiger partial charge in [0.15, 0.2) is 5.78 Å². The lowest BCUT2D eigenvalue weighted by Gasteiger charge is -2.12. The normalized spacial score (nSPS) is 13.7. The van der Waals surface area contributed by atoms with Gasteiger partial charge < -0.3 is 4.52 Å². The molecule has 21 heavy (non-hydrogen) atoms. The predicted octanol–water partition coefficient (Wildman–Crippen LogP) is 1.77. The molecular formula is C15H12N2O4. The summed E-state index contributed by atoms with van der Waals surface area (Å²) in [6, 6.07) is 6.53. The Labute approximate surface area is 120 Å². The largest absolute Gasteiger partial charge is 0.361 e. The van der Waals surface area contributed by atoms with Gasteiger partial charge in [-0.3, -0.25) is 19.3 Å². The molecule has 106 valence electrons. The number of fused-ring (bicyclic) bond motifs is 1. The quantitative estimate of drug-likeness (QED) is 0.634. The lowest BCUT2D eigenvalue weighted by Crippen LogP contribution is -2.35. The Hall–Kier alpha value is -2.76. The average Bonchev–Trinajstić information content (AvgIpc) is 2.92. The van der Waals surface area contributed by atoms with Crippen LogP contribution in [0.25, 0.3) is 0 Å². The van der Waals surface area contributed by atoms with Gasteiger partial charge in [-0.15, -0.1) is 0 Å². The lowest BCUT2D eigenvalue weighted by molar-refractivity contribution is 0.0623. The van der Waals surface area contributed by atoms with E-state index in [1.54, 1.807) is 38.1 Å². The van der Waals surface area contributed by atoms with Crippen molar-refractivity contribution in [2.24, 2.45) is 0 Å². The van der Waals surface area contributed by atoms with Crippen molar-refractivity contribution in [2.45, 2.75) is 13.8 Å². The van der Waals surface area contributed by atoms with E-state index in [4.69, 9.17) is 4.52 Å². The fourth-order valence-electron chi connectivity index (χ4n) is 2.49. The van der Waals surface area contributed by atoms with Gasteiger partial charge in [0, 0.05) is 0 Å². The van der Waals surface area contributed by atoms with Crippen LogP contribution in [0.5, 0.6) is 0 Å². The number of ketones is 1. The van der Waals surface area contributed by atoms with Crippen molar-refractivity contribution >= 4 is 17.6 Å². The third kappa shape index (κ3) is 1.96. The van der Waals surface area contributed by atoms with Gasteiger partial charge in [0.2, 0.25) is 0 Å². The van der Waals surface area contributed by atoms with E-state index in [-0.39, 0.29) is 12.3 Å². The first kappa shape index (κ1) is 13.2. The monoisotopic (exact) mass is 284 g/mol. The smallest absolute Gasteiger partial charge is 0.261 e. The zero-order chi connectivity index (χ0) is 15.1. The minimum atomic E-state index is -0.448. The number of amides is 2. The molecular weight excluding hydrogens is 272 g/mol. The van der Waals surface area contributed by atoms with Crippen LogP contribution in [0.3, 0.4) is 0 Å². The van der Waals surface area contributed by atoms with Crippen molar-refractivity contribution in [1.82, 2.24) is 10.1 Å². The molecule has 0 spiro atoms. The summed E-state index contributed by atoms with van der Waals surface area (Å²) in [5, 5.41) is 3.71. The van der Waals surface area contributed by atoms with Crippen molar-refractivity contribution in [1.29, 1.82) is 0 Å². The molecule has 1 aliphatic rings. The second-order valence-corrected chi connectivity index (χ2v) is 4.86. The van der Waals surface area contributed by atoms with Crippen LogP contribution >= 0.6 is 0 Å². The van der Waals surface area contributed by atoms with Gasteiger partial charge in [0.25, 0.3) is 11.8 Å². The first-order valence-corrected chi connectivity index (χ1v) is 6.42. The predicted molar refractivity (Wildman–Crippen MR) is 72.1 cm³/mol. The van der Waals surface area contributed by atoms with Crippen LogP contribution < -0.4 is 0 Å². The molecule has 0 unspecified atom stereocenters. The maximum absolute atomic E-state index is 12.3. The molecule has 0 saturated heterocycles. The summed E-state index contributed by atoms with van der Waals surface area (Å²) >= 11 is 0. The molecule has 1 aromatic carbocycles. The van der Waals surface area contributed by atoms with E-state index in [0.29, 0.717) is 28.1 Å². The summed E-state index contributed by atoms with van der Waals surface area (Å²) in [4.78, 5) is 37.6. The summed E-state index contributed by atoms with van der Waals surface area (Å²) in [5.41, 5.74) is 1.43. The Bertz CT molecular complexity index is 721. The molecule has 6 nitrogen and oxygen atoms in total. The molecule has 0 bridgehead atoms. The zero-order valence-electron chi connectivity index (χ0n) is 11.5. The topological polar surface area (TPSA) is 80.5 Å². The number of imide groups is 1. The number of carbonyl (C=O) groups is 3. The molecule has 0 aliphatic carbocycles. The standard InChI is InChI=1S/C15H12N2O4/c1-8-13(9(2)21-16-8)12(18)7-17-14(19)10-5-3-4-6-11(10)15(17)20/h3-6H,7H2,1-2H3. The molecule has 0 saturated carbocycles. The Kier molecular flexibility index (Phi) is 2.94. The van der Waals surface area contributed by atoms with Crippen LogP contribution in [0.2, 0.25) is 0 Å². The molecule has 3 rings (SSSR count). The highest BCUT2D eigenvalue weighted by atomic mass is 16.5. The van der Waals surface area contributed by atoms with Crippen LogP contribution in [0.15, 0.2) is 28.8 Å². The van der Waals surface area contributed by atoms with E-state index in [0.717, 1.165) is 4.90 Å². The fraction of sp³-hybridized carbons (Fsp3) is 0.200. The number of hydrogen-bond donors (Lipinski definition) is 0. The first-order valence-electron chi connectivity index (χ1n) is 6.42. The number of carbonyl (C=O) groups excluding carboxylic acids is 3. The third-order valence-electron chi connectivity index (χ3n) is 3.49. The van der Waals surface area contributed by atoms with Crippen molar-refractivity contribution in [3.05, 3.63) is 52.4 Å². The highest BCUT2D eigenvalue weighted by Gasteiger charge is 2.37.